The van der Waals surface area contributed by atoms with Gasteiger partial charge in [0.25, 0.3) is 20.0 Å². The maximum absolute atomic E-state index is 14.0. The summed E-state index contributed by atoms with van der Waals surface area (Å²) in [6, 6.07) is 41.7. The molecule has 0 fully saturated rings. The second kappa shape index (κ2) is 52.7. The van der Waals surface area contributed by atoms with E-state index in [9.17, 15) is 44.9 Å². The fourth-order valence-corrected chi connectivity index (χ4v) is 13.6. The largest absolute Gasteiger partial charge is 0.477 e. The third-order valence-electron chi connectivity index (χ3n) is 10.2. The second-order valence-corrected chi connectivity index (χ2v) is 25.3. The number of nitrogens with zero attached hydrogens (tertiary/aromatic N) is 1. The number of aromatic carboxylic acids is 2. The molecule has 15 nitrogen and oxygen atoms in total. The number of halogens is 3. The first-order chi connectivity index (χ1) is 37.3. The predicted octanol–water partition coefficient (Wildman–Crippen LogP) is 14.1. The van der Waals surface area contributed by atoms with Crippen LogP contribution in [0.2, 0.25) is 6.82 Å². The van der Waals surface area contributed by atoms with Gasteiger partial charge in [0.15, 0.2) is 5.82 Å². The van der Waals surface area contributed by atoms with Crippen LogP contribution in [0, 0.1) is 338 Å². The molecule has 0 aliphatic carbocycles. The number of hydrogen-bond acceptors (Lipinski definition) is 16. The zero-order chi connectivity index (χ0) is 58.4. The van der Waals surface area contributed by atoms with E-state index >= 15 is 0 Å². The maximum atomic E-state index is 14.0. The van der Waals surface area contributed by atoms with Gasteiger partial charge < -0.3 is 29.7 Å². The van der Waals surface area contributed by atoms with Crippen molar-refractivity contribution >= 4 is 153 Å². The number of thiophene rings is 4. The zero-order valence-electron chi connectivity index (χ0n) is 47.4. The molecule has 4 heterocycles. The Hall–Kier alpha value is 3.74. The first kappa shape index (κ1) is 107. The van der Waals surface area contributed by atoms with E-state index in [0.29, 0.717) is 24.7 Å². The van der Waals surface area contributed by atoms with Crippen molar-refractivity contribution in [3.63, 3.8) is 0 Å². The molecule has 460 valence electrons. The van der Waals surface area contributed by atoms with Gasteiger partial charge in [-0.1, -0.05) is 107 Å². The molecular weight excluding hydrogens is 3600 g/mol. The number of esters is 2. The fraction of sp³-hybridized carbons (Fsp3) is 0.127. The van der Waals surface area contributed by atoms with Crippen molar-refractivity contribution in [1.29, 1.82) is 0 Å². The Labute approximate surface area is 783 Å². The SMILES string of the molecule is C.CB(O)O.COC(=O)c1cc2cc(Br)ccc2s1.COC(=O)c1cc2cc(C)ccc2s1.Cc1ccc2sc(C(=O)O)c(F)c2c1.Cc1ccc2sc(C(=O)O)cc2c1.O=S(=O)(c1ccccc1)N(F)S(=O)(=O)c1ccccc1.[U].[U].[U].[U].[U].[U].[U].[U].[U].[U]. The van der Waals surface area contributed by atoms with Crippen LogP contribution < -0.4 is 0 Å². The Morgan fingerprint density at radius 2 is 0.811 bits per heavy atom. The van der Waals surface area contributed by atoms with Gasteiger partial charge in [0.1, 0.15) is 19.5 Å². The fourth-order valence-electron chi connectivity index (χ4n) is 6.65. The van der Waals surface area contributed by atoms with Crippen molar-refractivity contribution in [2.45, 2.75) is 44.8 Å². The van der Waals surface area contributed by atoms with Crippen molar-refractivity contribution in [3.8, 4) is 0 Å². The van der Waals surface area contributed by atoms with Crippen molar-refractivity contribution in [2.75, 3.05) is 14.2 Å². The average Bonchev–Trinajstić information content (AvgIpc) is 1.33. The Kier molecular flexibility index (Phi) is 62.7. The summed E-state index contributed by atoms with van der Waals surface area (Å²) in [6.45, 7) is 7.16. The van der Waals surface area contributed by atoms with E-state index in [4.69, 9.17) is 20.3 Å². The van der Waals surface area contributed by atoms with Crippen LogP contribution in [0.3, 0.4) is 0 Å². The normalized spacial score (nSPS) is 9.51. The third kappa shape index (κ3) is 32.8. The van der Waals surface area contributed by atoms with Gasteiger partial charge in [-0.2, -0.15) is 0 Å². The molecule has 35 heteroatoms. The van der Waals surface area contributed by atoms with Crippen molar-refractivity contribution < 1.29 is 386 Å². The van der Waals surface area contributed by atoms with Crippen LogP contribution in [-0.4, -0.2) is 86.2 Å². The number of hydrogen-bond donors (Lipinski definition) is 4. The molecule has 6 aromatic carbocycles. The molecule has 10 rings (SSSR count). The van der Waals surface area contributed by atoms with E-state index in [0.717, 1.165) is 81.5 Å². The molecule has 0 bridgehead atoms. The number of rotatable bonds is 8. The third-order valence-corrected chi connectivity index (χ3v) is 18.8. The number of aryl methyl sites for hydroxylation is 3. The summed E-state index contributed by atoms with van der Waals surface area (Å²) >= 11 is 8.57. The number of benzene rings is 6. The van der Waals surface area contributed by atoms with Gasteiger partial charge in [-0.3, -0.25) is 0 Å². The number of fused-ring (bicyclic) bond motifs is 4. The van der Waals surface area contributed by atoms with E-state index < -0.39 is 58.6 Å². The van der Waals surface area contributed by atoms with Crippen LogP contribution in [0.1, 0.15) is 62.8 Å². The molecule has 0 unspecified atom stereocenters. The zero-order valence-corrected chi connectivity index (χ0v) is 95.5. The molecule has 0 saturated carbocycles. The van der Waals surface area contributed by atoms with Gasteiger partial charge in [0.2, 0.25) is 0 Å². The molecule has 10 aromatic rings. The number of carbonyl (C=O) groups excluding carboxylic acids is 2. The van der Waals surface area contributed by atoms with Gasteiger partial charge in [-0.05, 0) is 129 Å². The number of sulfonamides is 2. The molecule has 0 saturated heterocycles. The van der Waals surface area contributed by atoms with Gasteiger partial charge in [-0.15, -0.1) is 49.8 Å². The summed E-state index contributed by atoms with van der Waals surface area (Å²) in [5.41, 5.74) is 3.28. The van der Waals surface area contributed by atoms with Crippen LogP contribution in [0.15, 0.2) is 166 Å². The van der Waals surface area contributed by atoms with Crippen LogP contribution >= 0.6 is 61.3 Å². The summed E-state index contributed by atoms with van der Waals surface area (Å²) < 4.78 is 88.3. The topological polar surface area (TPSA) is 239 Å². The van der Waals surface area contributed by atoms with Crippen LogP contribution in [-0.2, 0) is 29.5 Å². The number of ether oxygens (including phenoxy) is 2. The van der Waals surface area contributed by atoms with Crippen LogP contribution in [0.25, 0.3) is 40.3 Å². The van der Waals surface area contributed by atoms with Gasteiger partial charge in [0.05, 0.1) is 27.9 Å². The molecule has 0 radical (unpaired) electrons. The molecule has 0 amide bonds. The average molecular weight is 3650 g/mol. The monoisotopic (exact) mass is 3650 g/mol. The Balaban J connectivity index is -0.000000184. The molecule has 4 N–H and O–H groups in total. The van der Waals surface area contributed by atoms with Gasteiger partial charge in [0, 0.05) is 340 Å². The smallest absolute Gasteiger partial charge is 0.448 e. The Bertz CT molecular complexity index is 3880. The summed E-state index contributed by atoms with van der Waals surface area (Å²) in [5, 5.41) is 36.3. The number of carboxylic acid groups (broad SMARTS) is 2. The number of carboxylic acids is 2. The summed E-state index contributed by atoms with van der Waals surface area (Å²) in [7, 11) is -7.91. The predicted molar refractivity (Wildman–Crippen MR) is 319 cm³/mol. The quantitative estimate of drug-likeness (QED) is 0.0629. The molecule has 4 aromatic heterocycles. The van der Waals surface area contributed by atoms with E-state index in [1.165, 1.54) is 97.0 Å². The van der Waals surface area contributed by atoms with Crippen molar-refractivity contribution in [3.05, 3.63) is 198 Å². The van der Waals surface area contributed by atoms with Crippen LogP contribution in [0.4, 0.5) is 8.87 Å². The minimum atomic E-state index is -4.77. The molecular formula is C55H51BBrF2NO14S6U10. The summed E-state index contributed by atoms with van der Waals surface area (Å²) in [6.07, 6.45) is 0. The van der Waals surface area contributed by atoms with E-state index in [1.807, 2.05) is 87.5 Å². The minimum Gasteiger partial charge on any atom is -0.477 e. The van der Waals surface area contributed by atoms with E-state index in [-0.39, 0.29) is 335 Å². The Morgan fingerprint density at radius 1 is 0.489 bits per heavy atom. The standard InChI is InChI=1S/C12H10FNO4S2.C11H10O2S.C10H7BrO2S.C10H7FO2S.C10H8O2S.CH5BO2.CH4.10U/c13-14(19(15,16)11-7-3-1-4-8-11)20(17,18)12-9-5-2-6-10-12;1-7-3-4-9-8(5-7)6-10(14-9)11(12)13-2;1-13-10(12)9-5-6-4-7(11)2-3-8(6)14-9;1-5-2-3-7-6(4-5)8(11)9(14-7)10(12)13;1-6-2-3-8-7(4-6)5-9(13-8)10(11)12;1-2(3)4;;;;;;;;;;;/h1-10H;3-6H,1-2H3;2-5H,1H3;2-4H,1H3,(H,12,13);2-5H,1H3,(H,11,12);3-4H,1H3;1H4;;;;;;;;;;. The summed E-state index contributed by atoms with van der Waals surface area (Å²) in [4.78, 5) is 44.4. The minimum absolute atomic E-state index is 0. The van der Waals surface area contributed by atoms with Gasteiger partial charge in [-0.25, -0.2) is 40.4 Å². The van der Waals surface area contributed by atoms with Crippen LogP contribution in [0.5, 0.6) is 0 Å². The Morgan fingerprint density at radius 3 is 1.17 bits per heavy atom. The molecule has 0 atom stereocenters. The summed E-state index contributed by atoms with van der Waals surface area (Å²) in [5.74, 6) is -3.22. The van der Waals surface area contributed by atoms with Gasteiger partial charge >= 0.3 is 31.0 Å². The number of carbonyl (C=O) groups is 4. The van der Waals surface area contributed by atoms with E-state index in [2.05, 4.69) is 31.5 Å². The molecule has 90 heavy (non-hydrogen) atoms. The molecule has 0 aliphatic heterocycles. The van der Waals surface area contributed by atoms with Crippen molar-refractivity contribution in [1.82, 2.24) is 3.93 Å². The molecule has 0 aliphatic rings. The first-order valence-corrected chi connectivity index (χ1v) is 29.6. The van der Waals surface area contributed by atoms with E-state index in [1.54, 1.807) is 18.2 Å². The molecule has 0 spiro atoms. The second-order valence-electron chi connectivity index (χ2n) is 16.4. The first-order valence-electron chi connectivity index (χ1n) is 22.7. The number of methoxy groups -OCH3 is 2. The van der Waals surface area contributed by atoms with Crippen molar-refractivity contribution in [2.24, 2.45) is 0 Å². The maximum Gasteiger partial charge on any atom is 0.448 e.